The van der Waals surface area contributed by atoms with Crippen molar-refractivity contribution >= 4 is 17.5 Å². The molecule has 0 spiro atoms. The second kappa shape index (κ2) is 6.28. The van der Waals surface area contributed by atoms with E-state index >= 15 is 0 Å². The van der Waals surface area contributed by atoms with Gasteiger partial charge in [-0.05, 0) is 32.1 Å². The summed E-state index contributed by atoms with van der Waals surface area (Å²) in [5, 5.41) is 0. The molecular formula is C11H20ClNO. The maximum atomic E-state index is 11.8. The SMILES string of the molecule is CCCC(=O)N1CCCCC1CCCl. The van der Waals surface area contributed by atoms with Gasteiger partial charge in [0.1, 0.15) is 0 Å². The Kier molecular flexibility index (Phi) is 5.31. The Labute approximate surface area is 91.6 Å². The van der Waals surface area contributed by atoms with Gasteiger partial charge in [-0.25, -0.2) is 0 Å². The molecule has 14 heavy (non-hydrogen) atoms. The summed E-state index contributed by atoms with van der Waals surface area (Å²) in [6.07, 6.45) is 6.15. The van der Waals surface area contributed by atoms with Crippen LogP contribution in [0.3, 0.4) is 0 Å². The molecule has 0 radical (unpaired) electrons. The third kappa shape index (κ3) is 3.16. The molecule has 1 saturated heterocycles. The van der Waals surface area contributed by atoms with Gasteiger partial charge in [0.05, 0.1) is 0 Å². The number of alkyl halides is 1. The van der Waals surface area contributed by atoms with E-state index < -0.39 is 0 Å². The van der Waals surface area contributed by atoms with E-state index in [1.54, 1.807) is 0 Å². The summed E-state index contributed by atoms with van der Waals surface area (Å²) in [6.45, 7) is 3.00. The van der Waals surface area contributed by atoms with Gasteiger partial charge in [-0.15, -0.1) is 11.6 Å². The monoisotopic (exact) mass is 217 g/mol. The highest BCUT2D eigenvalue weighted by atomic mass is 35.5. The molecule has 0 aromatic carbocycles. The van der Waals surface area contributed by atoms with Gasteiger partial charge in [0, 0.05) is 24.9 Å². The average Bonchev–Trinajstić information content (AvgIpc) is 2.19. The molecule has 0 aliphatic carbocycles. The molecule has 0 bridgehead atoms. The van der Waals surface area contributed by atoms with Crippen LogP contribution in [-0.4, -0.2) is 29.3 Å². The van der Waals surface area contributed by atoms with Crippen molar-refractivity contribution in [1.82, 2.24) is 4.90 Å². The predicted molar refractivity (Wildman–Crippen MR) is 59.6 cm³/mol. The van der Waals surface area contributed by atoms with E-state index in [4.69, 9.17) is 11.6 Å². The molecule has 1 heterocycles. The number of carbonyl (C=O) groups excluding carboxylic acids is 1. The molecule has 1 aliphatic rings. The summed E-state index contributed by atoms with van der Waals surface area (Å²) in [7, 11) is 0. The van der Waals surface area contributed by atoms with Crippen molar-refractivity contribution in [1.29, 1.82) is 0 Å². The van der Waals surface area contributed by atoms with Crippen LogP contribution in [-0.2, 0) is 4.79 Å². The van der Waals surface area contributed by atoms with Crippen molar-refractivity contribution in [3.8, 4) is 0 Å². The normalized spacial score (nSPS) is 22.4. The van der Waals surface area contributed by atoms with Crippen molar-refractivity contribution in [2.75, 3.05) is 12.4 Å². The lowest BCUT2D eigenvalue weighted by molar-refractivity contribution is -0.134. The second-order valence-electron chi connectivity index (χ2n) is 3.96. The molecule has 0 aromatic heterocycles. The topological polar surface area (TPSA) is 20.3 Å². The summed E-state index contributed by atoms with van der Waals surface area (Å²) in [4.78, 5) is 13.8. The molecule has 1 rings (SSSR count). The fraction of sp³-hybridized carbons (Fsp3) is 0.909. The van der Waals surface area contributed by atoms with E-state index in [0.29, 0.717) is 24.2 Å². The van der Waals surface area contributed by atoms with Crippen molar-refractivity contribution < 1.29 is 4.79 Å². The van der Waals surface area contributed by atoms with Crippen molar-refractivity contribution in [2.24, 2.45) is 0 Å². The van der Waals surface area contributed by atoms with Crippen molar-refractivity contribution in [3.63, 3.8) is 0 Å². The summed E-state index contributed by atoms with van der Waals surface area (Å²) >= 11 is 5.74. The minimum atomic E-state index is 0.322. The fourth-order valence-corrected chi connectivity index (χ4v) is 2.36. The second-order valence-corrected chi connectivity index (χ2v) is 4.34. The van der Waals surface area contributed by atoms with E-state index in [-0.39, 0.29) is 0 Å². The molecule has 1 amide bonds. The van der Waals surface area contributed by atoms with Gasteiger partial charge in [-0.2, -0.15) is 0 Å². The molecule has 82 valence electrons. The highest BCUT2D eigenvalue weighted by Gasteiger charge is 2.25. The lowest BCUT2D eigenvalue weighted by atomic mass is 9.99. The summed E-state index contributed by atoms with van der Waals surface area (Å²) < 4.78 is 0. The predicted octanol–water partition coefficient (Wildman–Crippen LogP) is 2.80. The largest absolute Gasteiger partial charge is 0.340 e. The Morgan fingerprint density at radius 2 is 2.29 bits per heavy atom. The third-order valence-corrected chi connectivity index (χ3v) is 3.07. The minimum absolute atomic E-state index is 0.322. The molecule has 1 atom stereocenters. The van der Waals surface area contributed by atoms with Crippen LogP contribution < -0.4 is 0 Å². The van der Waals surface area contributed by atoms with Gasteiger partial charge in [-0.3, -0.25) is 4.79 Å². The fourth-order valence-electron chi connectivity index (χ4n) is 2.11. The zero-order valence-electron chi connectivity index (χ0n) is 8.97. The summed E-state index contributed by atoms with van der Waals surface area (Å²) in [5.74, 6) is 0.989. The Morgan fingerprint density at radius 3 is 2.93 bits per heavy atom. The standard InChI is InChI=1S/C11H20ClNO/c1-2-5-11(14)13-9-4-3-6-10(13)7-8-12/h10H,2-9H2,1H3. The number of hydrogen-bond donors (Lipinski definition) is 0. The van der Waals surface area contributed by atoms with Gasteiger partial charge in [0.15, 0.2) is 0 Å². The highest BCUT2D eigenvalue weighted by Crippen LogP contribution is 2.21. The lowest BCUT2D eigenvalue weighted by Gasteiger charge is -2.35. The summed E-state index contributed by atoms with van der Waals surface area (Å²) in [6, 6.07) is 0.417. The number of hydrogen-bond acceptors (Lipinski definition) is 1. The van der Waals surface area contributed by atoms with Crippen LogP contribution in [0.2, 0.25) is 0 Å². The first-order chi connectivity index (χ1) is 6.79. The van der Waals surface area contributed by atoms with Gasteiger partial charge < -0.3 is 4.90 Å². The van der Waals surface area contributed by atoms with Crippen LogP contribution in [0.1, 0.15) is 45.4 Å². The van der Waals surface area contributed by atoms with Crippen LogP contribution in [0.5, 0.6) is 0 Å². The van der Waals surface area contributed by atoms with Crippen LogP contribution in [0, 0.1) is 0 Å². The number of nitrogens with zero attached hydrogens (tertiary/aromatic N) is 1. The van der Waals surface area contributed by atoms with E-state index in [2.05, 4.69) is 11.8 Å². The van der Waals surface area contributed by atoms with E-state index in [9.17, 15) is 4.79 Å². The zero-order valence-corrected chi connectivity index (χ0v) is 9.72. The van der Waals surface area contributed by atoms with Crippen LogP contribution in [0.25, 0.3) is 0 Å². The van der Waals surface area contributed by atoms with Crippen LogP contribution in [0.15, 0.2) is 0 Å². The maximum Gasteiger partial charge on any atom is 0.222 e. The molecule has 1 unspecified atom stereocenters. The van der Waals surface area contributed by atoms with Crippen molar-refractivity contribution in [3.05, 3.63) is 0 Å². The molecular weight excluding hydrogens is 198 g/mol. The van der Waals surface area contributed by atoms with E-state index in [1.165, 1.54) is 6.42 Å². The number of amides is 1. The Balaban J connectivity index is 2.48. The first kappa shape index (κ1) is 11.8. The van der Waals surface area contributed by atoms with Gasteiger partial charge >= 0.3 is 0 Å². The molecule has 2 nitrogen and oxygen atoms in total. The smallest absolute Gasteiger partial charge is 0.222 e. The molecule has 3 heteroatoms. The highest BCUT2D eigenvalue weighted by molar-refractivity contribution is 6.17. The van der Waals surface area contributed by atoms with Gasteiger partial charge in [0.2, 0.25) is 5.91 Å². The van der Waals surface area contributed by atoms with E-state index in [0.717, 1.165) is 32.2 Å². The minimum Gasteiger partial charge on any atom is -0.340 e. The Hall–Kier alpha value is -0.240. The first-order valence-electron chi connectivity index (χ1n) is 5.65. The van der Waals surface area contributed by atoms with Gasteiger partial charge in [-0.1, -0.05) is 6.92 Å². The lowest BCUT2D eigenvalue weighted by Crippen LogP contribution is -2.43. The maximum absolute atomic E-state index is 11.8. The summed E-state index contributed by atoms with van der Waals surface area (Å²) in [5.41, 5.74) is 0. The molecule has 0 aromatic rings. The van der Waals surface area contributed by atoms with Crippen LogP contribution >= 0.6 is 11.6 Å². The Morgan fingerprint density at radius 1 is 1.50 bits per heavy atom. The molecule has 0 N–H and O–H groups in total. The van der Waals surface area contributed by atoms with Gasteiger partial charge in [0.25, 0.3) is 0 Å². The molecule has 0 saturated carbocycles. The number of piperidine rings is 1. The third-order valence-electron chi connectivity index (χ3n) is 2.85. The number of carbonyl (C=O) groups is 1. The molecule has 1 fully saturated rings. The van der Waals surface area contributed by atoms with E-state index in [1.807, 2.05) is 0 Å². The zero-order chi connectivity index (χ0) is 10.4. The average molecular weight is 218 g/mol. The number of likely N-dealkylation sites (tertiary alicyclic amines) is 1. The van der Waals surface area contributed by atoms with Crippen molar-refractivity contribution in [2.45, 2.75) is 51.5 Å². The number of halogens is 1. The van der Waals surface area contributed by atoms with Crippen LogP contribution in [0.4, 0.5) is 0 Å². The Bertz CT molecular complexity index is 182. The quantitative estimate of drug-likeness (QED) is 0.664. The number of rotatable bonds is 4. The first-order valence-corrected chi connectivity index (χ1v) is 6.18. The molecule has 1 aliphatic heterocycles.